The summed E-state index contributed by atoms with van der Waals surface area (Å²) in [5.74, 6) is 0.123. The predicted octanol–water partition coefficient (Wildman–Crippen LogP) is 1.26. The van der Waals surface area contributed by atoms with E-state index < -0.39 is 9.84 Å². The van der Waals surface area contributed by atoms with Gasteiger partial charge in [0.1, 0.15) is 0 Å². The summed E-state index contributed by atoms with van der Waals surface area (Å²) in [6.45, 7) is 4.23. The van der Waals surface area contributed by atoms with Crippen molar-refractivity contribution >= 4 is 15.5 Å². The van der Waals surface area contributed by atoms with Gasteiger partial charge in [0.2, 0.25) is 0 Å². The summed E-state index contributed by atoms with van der Waals surface area (Å²) in [5, 5.41) is 3.21. The van der Waals surface area contributed by atoms with Crippen molar-refractivity contribution in [3.05, 3.63) is 24.3 Å². The van der Waals surface area contributed by atoms with Crippen molar-refractivity contribution in [2.75, 3.05) is 37.4 Å². The molecule has 3 N–H and O–H groups in total. The second kappa shape index (κ2) is 8.14. The fourth-order valence-corrected chi connectivity index (χ4v) is 2.42. The molecule has 0 saturated carbocycles. The zero-order chi connectivity index (χ0) is 14.1. The van der Waals surface area contributed by atoms with Crippen LogP contribution < -0.4 is 11.1 Å². The lowest BCUT2D eigenvalue weighted by Crippen LogP contribution is -2.11. The summed E-state index contributed by atoms with van der Waals surface area (Å²) in [7, 11) is -3.11. The van der Waals surface area contributed by atoms with E-state index in [0.717, 1.165) is 18.7 Å². The van der Waals surface area contributed by atoms with Crippen molar-refractivity contribution in [1.82, 2.24) is 0 Å². The third kappa shape index (κ3) is 5.59. The maximum Gasteiger partial charge on any atom is 0.178 e. The molecule has 1 aromatic carbocycles. The van der Waals surface area contributed by atoms with Gasteiger partial charge in [-0.15, -0.1) is 0 Å². The summed E-state index contributed by atoms with van der Waals surface area (Å²) in [6.07, 6.45) is 0.884. The van der Waals surface area contributed by atoms with Crippen molar-refractivity contribution in [3.63, 3.8) is 0 Å². The van der Waals surface area contributed by atoms with Crippen molar-refractivity contribution in [1.29, 1.82) is 0 Å². The second-order valence-electron chi connectivity index (χ2n) is 4.11. The van der Waals surface area contributed by atoms with E-state index in [-0.39, 0.29) is 5.75 Å². The summed E-state index contributed by atoms with van der Waals surface area (Å²) >= 11 is 0. The minimum absolute atomic E-state index is 0.123. The number of rotatable bonds is 9. The van der Waals surface area contributed by atoms with Crippen LogP contribution in [-0.4, -0.2) is 40.5 Å². The van der Waals surface area contributed by atoms with E-state index in [9.17, 15) is 8.42 Å². The van der Waals surface area contributed by atoms with E-state index >= 15 is 0 Å². The molecule has 0 aliphatic heterocycles. The van der Waals surface area contributed by atoms with Gasteiger partial charge >= 0.3 is 0 Å². The molecule has 108 valence electrons. The Kier molecular flexibility index (Phi) is 6.83. The largest absolute Gasteiger partial charge is 0.385 e. The summed E-state index contributed by atoms with van der Waals surface area (Å²) in [4.78, 5) is 0.367. The summed E-state index contributed by atoms with van der Waals surface area (Å²) in [5.41, 5.74) is 6.22. The van der Waals surface area contributed by atoms with E-state index in [1.807, 2.05) is 0 Å². The minimum Gasteiger partial charge on any atom is -0.385 e. The van der Waals surface area contributed by atoms with Gasteiger partial charge in [-0.2, -0.15) is 0 Å². The molecule has 0 amide bonds. The molecule has 1 rings (SSSR count). The number of sulfone groups is 1. The topological polar surface area (TPSA) is 81.4 Å². The zero-order valence-corrected chi connectivity index (χ0v) is 12.1. The second-order valence-corrected chi connectivity index (χ2v) is 6.39. The van der Waals surface area contributed by atoms with E-state index in [1.54, 1.807) is 31.2 Å². The fourth-order valence-electron chi connectivity index (χ4n) is 1.54. The molecule has 0 saturated heterocycles. The molecule has 0 aliphatic carbocycles. The first-order chi connectivity index (χ1) is 9.10. The molecule has 0 heterocycles. The number of benzene rings is 1. The van der Waals surface area contributed by atoms with E-state index in [2.05, 4.69) is 5.32 Å². The van der Waals surface area contributed by atoms with Crippen molar-refractivity contribution in [2.45, 2.75) is 18.2 Å². The molecular formula is C13H22N2O3S. The van der Waals surface area contributed by atoms with Crippen LogP contribution in [0.1, 0.15) is 13.3 Å². The van der Waals surface area contributed by atoms with Crippen LogP contribution in [0.3, 0.4) is 0 Å². The van der Waals surface area contributed by atoms with Gasteiger partial charge in [-0.3, -0.25) is 0 Å². The number of hydrogen-bond donors (Lipinski definition) is 2. The Morgan fingerprint density at radius 2 is 1.89 bits per heavy atom. The highest BCUT2D eigenvalue weighted by Crippen LogP contribution is 2.15. The normalized spacial score (nSPS) is 11.5. The van der Waals surface area contributed by atoms with Crippen LogP contribution in [0.5, 0.6) is 0 Å². The molecule has 0 spiro atoms. The van der Waals surface area contributed by atoms with Crippen LogP contribution in [0.25, 0.3) is 0 Å². The molecular weight excluding hydrogens is 264 g/mol. The van der Waals surface area contributed by atoms with Crippen LogP contribution in [0, 0.1) is 0 Å². The monoisotopic (exact) mass is 286 g/mol. The van der Waals surface area contributed by atoms with Gasteiger partial charge < -0.3 is 15.8 Å². The lowest BCUT2D eigenvalue weighted by molar-refractivity contribution is 0.141. The van der Waals surface area contributed by atoms with Crippen LogP contribution in [-0.2, 0) is 14.6 Å². The van der Waals surface area contributed by atoms with Crippen LogP contribution in [0.4, 0.5) is 5.69 Å². The summed E-state index contributed by atoms with van der Waals surface area (Å²) in [6, 6.07) is 6.82. The Labute approximate surface area is 115 Å². The third-order valence-electron chi connectivity index (χ3n) is 2.65. The van der Waals surface area contributed by atoms with Crippen molar-refractivity contribution < 1.29 is 13.2 Å². The molecule has 0 bridgehead atoms. The maximum absolute atomic E-state index is 11.6. The Hall–Kier alpha value is -1.11. The first-order valence-corrected chi connectivity index (χ1v) is 8.10. The van der Waals surface area contributed by atoms with Crippen molar-refractivity contribution in [2.24, 2.45) is 5.73 Å². The van der Waals surface area contributed by atoms with Gasteiger partial charge in [0, 0.05) is 25.4 Å². The SMILES string of the molecule is CCS(=O)(=O)c1ccc(NCCCOCCN)cc1. The third-order valence-corrected chi connectivity index (χ3v) is 4.40. The molecule has 0 aromatic heterocycles. The van der Waals surface area contributed by atoms with Gasteiger partial charge in [0.25, 0.3) is 0 Å². The molecule has 0 radical (unpaired) electrons. The standard InChI is InChI=1S/C13H22N2O3S/c1-2-19(16,17)13-6-4-12(5-7-13)15-9-3-10-18-11-8-14/h4-7,15H,2-3,8-11,14H2,1H3. The average molecular weight is 286 g/mol. The minimum atomic E-state index is -3.11. The lowest BCUT2D eigenvalue weighted by Gasteiger charge is -2.08. The zero-order valence-electron chi connectivity index (χ0n) is 11.3. The molecule has 19 heavy (non-hydrogen) atoms. The van der Waals surface area contributed by atoms with Gasteiger partial charge in [-0.25, -0.2) is 8.42 Å². The van der Waals surface area contributed by atoms with Gasteiger partial charge in [-0.05, 0) is 30.7 Å². The first kappa shape index (κ1) is 15.9. The van der Waals surface area contributed by atoms with Crippen molar-refractivity contribution in [3.8, 4) is 0 Å². The first-order valence-electron chi connectivity index (χ1n) is 6.44. The maximum atomic E-state index is 11.6. The molecule has 0 aliphatic rings. The predicted molar refractivity (Wildman–Crippen MR) is 77.1 cm³/mol. The van der Waals surface area contributed by atoms with Crippen LogP contribution in [0.2, 0.25) is 0 Å². The number of hydrogen-bond acceptors (Lipinski definition) is 5. The number of ether oxygens (including phenoxy) is 1. The van der Waals surface area contributed by atoms with E-state index in [4.69, 9.17) is 10.5 Å². The Bertz CT molecular complexity index is 457. The van der Waals surface area contributed by atoms with Gasteiger partial charge in [0.15, 0.2) is 9.84 Å². The molecule has 0 unspecified atom stereocenters. The Balaban J connectivity index is 2.37. The number of anilines is 1. The number of nitrogens with one attached hydrogen (secondary N) is 1. The van der Waals surface area contributed by atoms with Crippen LogP contribution >= 0.6 is 0 Å². The molecule has 6 heteroatoms. The van der Waals surface area contributed by atoms with Crippen LogP contribution in [0.15, 0.2) is 29.2 Å². The highest BCUT2D eigenvalue weighted by atomic mass is 32.2. The summed E-state index contributed by atoms with van der Waals surface area (Å²) < 4.78 is 28.5. The molecule has 0 atom stereocenters. The average Bonchev–Trinajstić information content (AvgIpc) is 2.43. The lowest BCUT2D eigenvalue weighted by atomic mass is 10.3. The quantitative estimate of drug-likeness (QED) is 0.668. The van der Waals surface area contributed by atoms with E-state index in [0.29, 0.717) is 24.7 Å². The highest BCUT2D eigenvalue weighted by Gasteiger charge is 2.10. The smallest absolute Gasteiger partial charge is 0.178 e. The van der Waals surface area contributed by atoms with E-state index in [1.165, 1.54) is 0 Å². The van der Waals surface area contributed by atoms with Gasteiger partial charge in [0.05, 0.1) is 17.3 Å². The molecule has 0 fully saturated rings. The molecule has 5 nitrogen and oxygen atoms in total. The number of nitrogens with two attached hydrogens (primary N) is 1. The fraction of sp³-hybridized carbons (Fsp3) is 0.538. The molecule has 1 aromatic rings. The Morgan fingerprint density at radius 1 is 1.21 bits per heavy atom. The Morgan fingerprint density at radius 3 is 2.47 bits per heavy atom. The van der Waals surface area contributed by atoms with Gasteiger partial charge in [-0.1, -0.05) is 6.92 Å². The highest BCUT2D eigenvalue weighted by molar-refractivity contribution is 7.91.